The van der Waals surface area contributed by atoms with Gasteiger partial charge in [-0.1, -0.05) is 71.1 Å². The van der Waals surface area contributed by atoms with Crippen LogP contribution in [0.3, 0.4) is 0 Å². The maximum absolute atomic E-state index is 12.1. The standard InChI is InChI=1S/C29H53N3O10/c1-2-3-4-5-6-7-8-9-10-11-12-14-29(41)42-20-13-15-30(16-18-31(21-25(33)34)22-26(35)36)17-19-32(23-27(37)38)24-28(39)40/h2-24H2,1H3,(H,33,34)(H,35,36)(H,37,38)(H,39,40). The third-order valence-electron chi connectivity index (χ3n) is 6.77. The van der Waals surface area contributed by atoms with E-state index in [1.54, 1.807) is 0 Å². The van der Waals surface area contributed by atoms with Crippen LogP contribution >= 0.6 is 0 Å². The molecule has 0 aliphatic carbocycles. The zero-order chi connectivity index (χ0) is 31.6. The second-order valence-corrected chi connectivity index (χ2v) is 10.7. The first-order valence-corrected chi connectivity index (χ1v) is 15.2. The highest BCUT2D eigenvalue weighted by molar-refractivity contribution is 5.73. The molecule has 0 unspecified atom stereocenters. The summed E-state index contributed by atoms with van der Waals surface area (Å²) in [7, 11) is 0. The fraction of sp³-hybridized carbons (Fsp3) is 0.828. The molecule has 0 aromatic heterocycles. The van der Waals surface area contributed by atoms with E-state index in [1.165, 1.54) is 61.2 Å². The molecule has 0 atom stereocenters. The summed E-state index contributed by atoms with van der Waals surface area (Å²) >= 11 is 0. The fourth-order valence-electron chi connectivity index (χ4n) is 4.57. The normalized spacial score (nSPS) is 11.3. The van der Waals surface area contributed by atoms with Crippen LogP contribution in [0.25, 0.3) is 0 Å². The minimum atomic E-state index is -1.17. The molecule has 0 aromatic rings. The van der Waals surface area contributed by atoms with Crippen molar-refractivity contribution in [1.29, 1.82) is 0 Å². The molecule has 0 spiro atoms. The van der Waals surface area contributed by atoms with Gasteiger partial charge in [0, 0.05) is 39.1 Å². The maximum atomic E-state index is 12.1. The van der Waals surface area contributed by atoms with Crippen molar-refractivity contribution >= 4 is 29.8 Å². The van der Waals surface area contributed by atoms with Crippen LogP contribution < -0.4 is 0 Å². The molecule has 0 amide bonds. The van der Waals surface area contributed by atoms with Gasteiger partial charge in [-0.2, -0.15) is 0 Å². The number of ether oxygens (including phenoxy) is 1. The topological polar surface area (TPSA) is 185 Å². The molecule has 0 heterocycles. The summed E-state index contributed by atoms with van der Waals surface area (Å²) in [5.74, 6) is -4.92. The van der Waals surface area contributed by atoms with Gasteiger partial charge in [0.2, 0.25) is 0 Å². The largest absolute Gasteiger partial charge is 0.480 e. The van der Waals surface area contributed by atoms with Crippen molar-refractivity contribution in [2.45, 2.75) is 90.4 Å². The molecule has 0 aliphatic heterocycles. The predicted octanol–water partition coefficient (Wildman–Crippen LogP) is 2.87. The Bertz CT molecular complexity index is 709. The highest BCUT2D eigenvalue weighted by Crippen LogP contribution is 2.12. The van der Waals surface area contributed by atoms with Crippen LogP contribution in [0.1, 0.15) is 90.4 Å². The van der Waals surface area contributed by atoms with Crippen LogP contribution in [0.5, 0.6) is 0 Å². The fourth-order valence-corrected chi connectivity index (χ4v) is 4.57. The Hall–Kier alpha value is -2.77. The molecule has 0 saturated carbocycles. The van der Waals surface area contributed by atoms with E-state index < -0.39 is 50.1 Å². The lowest BCUT2D eigenvalue weighted by Gasteiger charge is -2.28. The Morgan fingerprint density at radius 2 is 0.833 bits per heavy atom. The number of carbonyl (C=O) groups is 5. The van der Waals surface area contributed by atoms with Gasteiger partial charge in [0.25, 0.3) is 0 Å². The molecule has 0 aliphatic rings. The molecule has 0 fully saturated rings. The number of carbonyl (C=O) groups excluding carboxylic acids is 1. The van der Waals surface area contributed by atoms with E-state index in [0.29, 0.717) is 19.4 Å². The highest BCUT2D eigenvalue weighted by atomic mass is 16.5. The molecule has 0 bridgehead atoms. The van der Waals surface area contributed by atoms with Gasteiger partial charge in [0.1, 0.15) is 0 Å². The number of rotatable bonds is 30. The summed E-state index contributed by atoms with van der Waals surface area (Å²) in [5.41, 5.74) is 0. The smallest absolute Gasteiger partial charge is 0.317 e. The van der Waals surface area contributed by atoms with E-state index in [-0.39, 0.29) is 38.8 Å². The average Bonchev–Trinajstić information content (AvgIpc) is 2.89. The molecule has 0 aromatic carbocycles. The van der Waals surface area contributed by atoms with Gasteiger partial charge in [-0.25, -0.2) is 0 Å². The molecule has 13 heteroatoms. The monoisotopic (exact) mass is 603 g/mol. The molecule has 0 saturated heterocycles. The lowest BCUT2D eigenvalue weighted by Crippen LogP contribution is -2.44. The second-order valence-electron chi connectivity index (χ2n) is 10.7. The summed E-state index contributed by atoms with van der Waals surface area (Å²) in [4.78, 5) is 60.9. The van der Waals surface area contributed by atoms with Crippen molar-refractivity contribution in [2.75, 3.05) is 65.5 Å². The van der Waals surface area contributed by atoms with E-state index in [1.807, 2.05) is 4.90 Å². The molecular formula is C29H53N3O10. The van der Waals surface area contributed by atoms with Gasteiger partial charge >= 0.3 is 29.8 Å². The molecule has 244 valence electrons. The lowest BCUT2D eigenvalue weighted by atomic mass is 10.1. The quantitative estimate of drug-likeness (QED) is 0.0694. The predicted molar refractivity (Wildman–Crippen MR) is 157 cm³/mol. The minimum Gasteiger partial charge on any atom is -0.480 e. The molecule has 42 heavy (non-hydrogen) atoms. The van der Waals surface area contributed by atoms with E-state index in [0.717, 1.165) is 19.3 Å². The number of carboxylic acid groups (broad SMARTS) is 4. The maximum Gasteiger partial charge on any atom is 0.317 e. The first kappa shape index (κ1) is 39.2. The number of hydrogen-bond acceptors (Lipinski definition) is 9. The van der Waals surface area contributed by atoms with Crippen molar-refractivity contribution in [1.82, 2.24) is 14.7 Å². The highest BCUT2D eigenvalue weighted by Gasteiger charge is 2.18. The minimum absolute atomic E-state index is 0.120. The van der Waals surface area contributed by atoms with Crippen LogP contribution in [0.15, 0.2) is 0 Å². The van der Waals surface area contributed by atoms with E-state index in [4.69, 9.17) is 25.2 Å². The number of esters is 1. The molecule has 0 radical (unpaired) electrons. The van der Waals surface area contributed by atoms with Crippen LogP contribution in [0.4, 0.5) is 0 Å². The van der Waals surface area contributed by atoms with E-state index in [9.17, 15) is 24.0 Å². The zero-order valence-electron chi connectivity index (χ0n) is 25.3. The molecule has 4 N–H and O–H groups in total. The van der Waals surface area contributed by atoms with Crippen LogP contribution in [0.2, 0.25) is 0 Å². The Morgan fingerprint density at radius 3 is 1.21 bits per heavy atom. The van der Waals surface area contributed by atoms with Crippen LogP contribution in [-0.2, 0) is 28.7 Å². The van der Waals surface area contributed by atoms with Crippen LogP contribution in [-0.4, -0.2) is 130 Å². The number of nitrogens with zero attached hydrogens (tertiary/aromatic N) is 3. The van der Waals surface area contributed by atoms with Gasteiger partial charge < -0.3 is 30.1 Å². The Morgan fingerprint density at radius 1 is 0.476 bits per heavy atom. The summed E-state index contributed by atoms with van der Waals surface area (Å²) in [6.45, 7) is 1.74. The third-order valence-corrected chi connectivity index (χ3v) is 6.77. The van der Waals surface area contributed by atoms with Crippen molar-refractivity contribution in [3.63, 3.8) is 0 Å². The lowest BCUT2D eigenvalue weighted by molar-refractivity contribution is -0.144. The summed E-state index contributed by atoms with van der Waals surface area (Å²) in [6, 6.07) is 0. The van der Waals surface area contributed by atoms with Gasteiger partial charge in [0.05, 0.1) is 32.8 Å². The molecule has 13 nitrogen and oxygen atoms in total. The number of hydrogen-bond donors (Lipinski definition) is 4. The van der Waals surface area contributed by atoms with Gasteiger partial charge in [-0.3, -0.25) is 33.8 Å². The van der Waals surface area contributed by atoms with Gasteiger partial charge in [0.15, 0.2) is 0 Å². The van der Waals surface area contributed by atoms with Gasteiger partial charge in [-0.05, 0) is 12.8 Å². The second kappa shape index (κ2) is 25.9. The molecular weight excluding hydrogens is 550 g/mol. The number of aliphatic carboxylic acids is 4. The third kappa shape index (κ3) is 26.1. The average molecular weight is 604 g/mol. The van der Waals surface area contributed by atoms with Gasteiger partial charge in [-0.15, -0.1) is 0 Å². The van der Waals surface area contributed by atoms with Crippen molar-refractivity contribution in [2.24, 2.45) is 0 Å². The zero-order valence-corrected chi connectivity index (χ0v) is 25.3. The summed E-state index contributed by atoms with van der Waals surface area (Å²) < 4.78 is 5.35. The first-order valence-electron chi connectivity index (χ1n) is 15.2. The van der Waals surface area contributed by atoms with E-state index >= 15 is 0 Å². The molecule has 0 rings (SSSR count). The number of carboxylic acids is 4. The Labute approximate surface area is 249 Å². The van der Waals surface area contributed by atoms with Crippen molar-refractivity contribution < 1.29 is 49.1 Å². The number of unbranched alkanes of at least 4 members (excludes halogenated alkanes) is 10. The Kier molecular flexibility index (Phi) is 24.2. The summed E-state index contributed by atoms with van der Waals surface area (Å²) in [6.07, 6.45) is 13.9. The Balaban J connectivity index is 4.54. The first-order chi connectivity index (χ1) is 20.0. The summed E-state index contributed by atoms with van der Waals surface area (Å²) in [5, 5.41) is 36.3. The van der Waals surface area contributed by atoms with E-state index in [2.05, 4.69) is 6.92 Å². The van der Waals surface area contributed by atoms with Crippen molar-refractivity contribution in [3.05, 3.63) is 0 Å². The van der Waals surface area contributed by atoms with Crippen LogP contribution in [0, 0.1) is 0 Å². The van der Waals surface area contributed by atoms with Crippen molar-refractivity contribution in [3.8, 4) is 0 Å². The SMILES string of the molecule is CCCCCCCCCCCCCC(=O)OCCCN(CCN(CC(=O)O)CC(=O)O)CCN(CC(=O)O)CC(=O)O.